The molecule has 2 aromatic carbocycles. The van der Waals surface area contributed by atoms with Gasteiger partial charge in [-0.05, 0) is 60.2 Å². The molecule has 4 aromatic rings. The van der Waals surface area contributed by atoms with Crippen molar-refractivity contribution in [2.75, 3.05) is 0 Å². The number of hydrogen-bond donors (Lipinski definition) is 2. The number of rotatable bonds is 10. The molecule has 10 heteroatoms. The number of aromatic nitrogens is 2. The Morgan fingerprint density at radius 2 is 1.79 bits per heavy atom. The van der Waals surface area contributed by atoms with Crippen molar-refractivity contribution in [2.45, 2.75) is 57.8 Å². The highest BCUT2D eigenvalue weighted by molar-refractivity contribution is 7.09. The maximum atomic E-state index is 13.0. The van der Waals surface area contributed by atoms with Gasteiger partial charge in [-0.25, -0.2) is 9.78 Å². The Balaban J connectivity index is 1.58. The van der Waals surface area contributed by atoms with Gasteiger partial charge in [-0.1, -0.05) is 32.0 Å². The van der Waals surface area contributed by atoms with Crippen molar-refractivity contribution < 1.29 is 27.9 Å². The van der Waals surface area contributed by atoms with E-state index in [0.29, 0.717) is 17.5 Å². The summed E-state index contributed by atoms with van der Waals surface area (Å²) in [6, 6.07) is 12.3. The molecule has 6 nitrogen and oxygen atoms in total. The van der Waals surface area contributed by atoms with Gasteiger partial charge < -0.3 is 15.0 Å². The maximum Gasteiger partial charge on any atom is 0.416 e. The second-order valence-electron chi connectivity index (χ2n) is 9.09. The Morgan fingerprint density at radius 3 is 2.37 bits per heavy atom. The number of thiophene rings is 1. The minimum absolute atomic E-state index is 0.157. The highest BCUT2D eigenvalue weighted by Gasteiger charge is 2.30. The standard InChI is InChI=1S/C28H28F3N3O3S/c1-3-20(4-2)34-24-12-9-18(15-22(24)32-25(34)16-21-6-5-13-38-21)26(35)33-23(27(36)37)14-17-7-10-19(11-8-17)28(29,30)31/h5-13,15,20,23H,3-4,14,16H2,1-2H3,(H,33,35)(H,36,37). The van der Waals surface area contributed by atoms with Gasteiger partial charge in [-0.15, -0.1) is 11.3 Å². The summed E-state index contributed by atoms with van der Waals surface area (Å²) < 4.78 is 40.7. The number of amides is 1. The molecule has 38 heavy (non-hydrogen) atoms. The fourth-order valence-corrected chi connectivity index (χ4v) is 5.25. The van der Waals surface area contributed by atoms with Crippen LogP contribution in [-0.2, 0) is 23.8 Å². The van der Waals surface area contributed by atoms with Gasteiger partial charge in [0.1, 0.15) is 11.9 Å². The smallest absolute Gasteiger partial charge is 0.416 e. The summed E-state index contributed by atoms with van der Waals surface area (Å²) in [6.07, 6.45) is -2.13. The van der Waals surface area contributed by atoms with Crippen molar-refractivity contribution in [1.29, 1.82) is 0 Å². The number of nitrogens with zero attached hydrogens (tertiary/aromatic N) is 2. The van der Waals surface area contributed by atoms with Crippen LogP contribution in [0.4, 0.5) is 13.2 Å². The van der Waals surface area contributed by atoms with Crippen LogP contribution in [0, 0.1) is 0 Å². The van der Waals surface area contributed by atoms with Crippen LogP contribution in [0.5, 0.6) is 0 Å². The Bertz CT molecular complexity index is 1410. The van der Waals surface area contributed by atoms with E-state index < -0.39 is 29.7 Å². The van der Waals surface area contributed by atoms with Crippen molar-refractivity contribution in [3.63, 3.8) is 0 Å². The van der Waals surface area contributed by atoms with Gasteiger partial charge >= 0.3 is 12.1 Å². The number of carbonyl (C=O) groups excluding carboxylic acids is 1. The molecule has 1 atom stereocenters. The molecule has 2 aromatic heterocycles. The average molecular weight is 544 g/mol. The number of halogens is 3. The molecular weight excluding hydrogens is 515 g/mol. The summed E-state index contributed by atoms with van der Waals surface area (Å²) in [4.78, 5) is 30.9. The van der Waals surface area contributed by atoms with Crippen molar-refractivity contribution in [1.82, 2.24) is 14.9 Å². The summed E-state index contributed by atoms with van der Waals surface area (Å²) in [7, 11) is 0. The minimum atomic E-state index is -4.48. The zero-order chi connectivity index (χ0) is 27.4. The van der Waals surface area contributed by atoms with Gasteiger partial charge in [0.25, 0.3) is 5.91 Å². The quantitative estimate of drug-likeness (QED) is 0.239. The number of aliphatic carboxylic acids is 1. The van der Waals surface area contributed by atoms with E-state index >= 15 is 0 Å². The summed E-state index contributed by atoms with van der Waals surface area (Å²) in [5.41, 5.74) is 1.35. The zero-order valence-electron chi connectivity index (χ0n) is 21.0. The SMILES string of the molecule is CCC(CC)n1c(Cc2cccs2)nc2cc(C(=O)NC(Cc3ccc(C(F)(F)F)cc3)C(=O)O)ccc21. The number of imidazole rings is 1. The molecule has 0 saturated heterocycles. The first-order chi connectivity index (χ1) is 18.1. The number of fused-ring (bicyclic) bond motifs is 1. The van der Waals surface area contributed by atoms with Crippen LogP contribution in [-0.4, -0.2) is 32.6 Å². The third-order valence-corrected chi connectivity index (χ3v) is 7.45. The molecule has 1 amide bonds. The Kier molecular flexibility index (Phi) is 8.20. The van der Waals surface area contributed by atoms with Gasteiger partial charge in [0, 0.05) is 29.3 Å². The number of alkyl halides is 3. The molecule has 1 unspecified atom stereocenters. The van der Waals surface area contributed by atoms with Crippen molar-refractivity contribution in [3.8, 4) is 0 Å². The van der Waals surface area contributed by atoms with E-state index in [1.54, 1.807) is 23.5 Å². The highest BCUT2D eigenvalue weighted by atomic mass is 32.1. The van der Waals surface area contributed by atoms with Gasteiger partial charge in [0.2, 0.25) is 0 Å². The van der Waals surface area contributed by atoms with Crippen molar-refractivity contribution in [2.24, 2.45) is 0 Å². The number of carbonyl (C=O) groups is 2. The van der Waals surface area contributed by atoms with E-state index in [0.717, 1.165) is 36.3 Å². The highest BCUT2D eigenvalue weighted by Crippen LogP contribution is 2.30. The largest absolute Gasteiger partial charge is 0.480 e. The molecule has 0 aliphatic carbocycles. The van der Waals surface area contributed by atoms with Gasteiger partial charge in [0.05, 0.1) is 16.6 Å². The number of hydrogen-bond acceptors (Lipinski definition) is 4. The van der Waals surface area contributed by atoms with Gasteiger partial charge in [-0.3, -0.25) is 4.79 Å². The number of carboxylic acids is 1. The second kappa shape index (κ2) is 11.4. The van der Waals surface area contributed by atoms with Gasteiger partial charge in [-0.2, -0.15) is 13.2 Å². The Labute approximate surface area is 222 Å². The van der Waals surface area contributed by atoms with Crippen molar-refractivity contribution >= 4 is 34.2 Å². The van der Waals surface area contributed by atoms with E-state index in [9.17, 15) is 27.9 Å². The number of nitrogens with one attached hydrogen (secondary N) is 1. The molecule has 2 N–H and O–H groups in total. The van der Waals surface area contributed by atoms with E-state index in [2.05, 4.69) is 29.8 Å². The first-order valence-electron chi connectivity index (χ1n) is 12.3. The molecule has 0 radical (unpaired) electrons. The van der Waals surface area contributed by atoms with E-state index in [4.69, 9.17) is 4.98 Å². The predicted molar refractivity (Wildman–Crippen MR) is 141 cm³/mol. The molecule has 0 spiro atoms. The van der Waals surface area contributed by atoms with Crippen LogP contribution in [0.2, 0.25) is 0 Å². The first kappa shape index (κ1) is 27.4. The van der Waals surface area contributed by atoms with Gasteiger partial charge in [0.15, 0.2) is 0 Å². The molecule has 0 aliphatic rings. The van der Waals surface area contributed by atoms with Crippen LogP contribution < -0.4 is 5.32 Å². The lowest BCUT2D eigenvalue weighted by atomic mass is 10.0. The first-order valence-corrected chi connectivity index (χ1v) is 13.2. The molecule has 0 aliphatic heterocycles. The van der Waals surface area contributed by atoms with Crippen LogP contribution in [0.15, 0.2) is 60.0 Å². The molecule has 200 valence electrons. The molecule has 0 fully saturated rings. The third kappa shape index (κ3) is 6.07. The zero-order valence-corrected chi connectivity index (χ0v) is 21.8. The monoisotopic (exact) mass is 543 g/mol. The number of carboxylic acid groups (broad SMARTS) is 1. The molecule has 0 saturated carbocycles. The van der Waals surface area contributed by atoms with Crippen molar-refractivity contribution in [3.05, 3.63) is 87.4 Å². The summed E-state index contributed by atoms with van der Waals surface area (Å²) in [6.45, 7) is 4.25. The Hall–Kier alpha value is -3.66. The van der Waals surface area contributed by atoms with Crippen LogP contribution in [0.25, 0.3) is 11.0 Å². The lowest BCUT2D eigenvalue weighted by Crippen LogP contribution is -2.42. The predicted octanol–water partition coefficient (Wildman–Crippen LogP) is 6.49. The third-order valence-electron chi connectivity index (χ3n) is 6.57. The van der Waals surface area contributed by atoms with E-state index in [1.165, 1.54) is 17.0 Å². The summed E-state index contributed by atoms with van der Waals surface area (Å²) in [5.74, 6) is -0.974. The van der Waals surface area contributed by atoms with E-state index in [-0.39, 0.29) is 18.0 Å². The van der Waals surface area contributed by atoms with E-state index in [1.807, 2.05) is 17.5 Å². The molecule has 0 bridgehead atoms. The fourth-order valence-electron chi connectivity index (χ4n) is 4.55. The molecular formula is C28H28F3N3O3S. The number of benzene rings is 2. The maximum absolute atomic E-state index is 13.0. The lowest BCUT2D eigenvalue weighted by molar-refractivity contribution is -0.139. The minimum Gasteiger partial charge on any atom is -0.480 e. The van der Waals surface area contributed by atoms with Crippen LogP contribution >= 0.6 is 11.3 Å². The fraction of sp³-hybridized carbons (Fsp3) is 0.321. The normalized spacial score (nSPS) is 12.7. The Morgan fingerprint density at radius 1 is 1.08 bits per heavy atom. The summed E-state index contributed by atoms with van der Waals surface area (Å²) in [5, 5.41) is 14.2. The van der Waals surface area contributed by atoms with Crippen LogP contribution in [0.3, 0.4) is 0 Å². The summed E-state index contributed by atoms with van der Waals surface area (Å²) >= 11 is 1.65. The molecule has 4 rings (SSSR count). The second-order valence-corrected chi connectivity index (χ2v) is 10.1. The topological polar surface area (TPSA) is 84.2 Å². The van der Waals surface area contributed by atoms with Crippen LogP contribution in [0.1, 0.15) is 64.9 Å². The molecule has 2 heterocycles. The lowest BCUT2D eigenvalue weighted by Gasteiger charge is -2.19. The average Bonchev–Trinajstić information content (AvgIpc) is 3.52.